The molecule has 2 rings (SSSR count). The Morgan fingerprint density at radius 3 is 2.52 bits per heavy atom. The first-order valence-electron chi connectivity index (χ1n) is 10.9. The summed E-state index contributed by atoms with van der Waals surface area (Å²) >= 11 is 0. The van der Waals surface area contributed by atoms with E-state index in [-0.39, 0.29) is 42.0 Å². The number of carboxylic acids is 1. The molecule has 2 fully saturated rings. The minimum Gasteiger partial charge on any atom is -0.480 e. The fraction of sp³-hybridized carbons (Fsp3) is 0.864. The Bertz CT molecular complexity index is 550. The van der Waals surface area contributed by atoms with Crippen molar-refractivity contribution in [3.05, 3.63) is 12.2 Å². The Morgan fingerprint density at radius 2 is 1.97 bits per heavy atom. The second-order valence-electron chi connectivity index (χ2n) is 9.79. The van der Waals surface area contributed by atoms with Crippen LogP contribution in [0.2, 0.25) is 18.1 Å². The van der Waals surface area contributed by atoms with E-state index in [4.69, 9.17) is 23.7 Å². The highest BCUT2D eigenvalue weighted by Gasteiger charge is 2.46. The summed E-state index contributed by atoms with van der Waals surface area (Å²) in [5.74, 6) is -0.763. The number of carboxylic acid groups (broad SMARTS) is 1. The van der Waals surface area contributed by atoms with Gasteiger partial charge < -0.3 is 23.7 Å². The summed E-state index contributed by atoms with van der Waals surface area (Å²) in [7, 11) is -1.91. The first kappa shape index (κ1) is 24.5. The monoisotopic (exact) mass is 428 g/mol. The van der Waals surface area contributed by atoms with Crippen LogP contribution in [0.5, 0.6) is 0 Å². The van der Waals surface area contributed by atoms with Crippen molar-refractivity contribution in [3.63, 3.8) is 0 Å². The number of carbonyl (C=O) groups is 1. The Morgan fingerprint density at radius 1 is 1.24 bits per heavy atom. The smallest absolute Gasteiger partial charge is 0.329 e. The maximum Gasteiger partial charge on any atom is 0.329 e. The van der Waals surface area contributed by atoms with Gasteiger partial charge in [-0.15, -0.1) is 0 Å². The van der Waals surface area contributed by atoms with Crippen LogP contribution in [0, 0.1) is 11.8 Å². The van der Waals surface area contributed by atoms with Gasteiger partial charge >= 0.3 is 5.97 Å². The predicted molar refractivity (Wildman–Crippen MR) is 115 cm³/mol. The molecule has 1 aliphatic carbocycles. The second kappa shape index (κ2) is 10.5. The number of hydrogen-bond acceptors (Lipinski definition) is 5. The molecule has 168 valence electrons. The Hall–Kier alpha value is -0.733. The third-order valence-electron chi connectivity index (χ3n) is 6.61. The molecule has 6 nitrogen and oxygen atoms in total. The van der Waals surface area contributed by atoms with Crippen LogP contribution in [-0.4, -0.2) is 57.7 Å². The number of aliphatic carboxylic acids is 1. The molecule has 0 radical (unpaired) electrons. The van der Waals surface area contributed by atoms with Crippen LogP contribution >= 0.6 is 0 Å². The Balaban J connectivity index is 2.16. The van der Waals surface area contributed by atoms with Crippen molar-refractivity contribution < 1.29 is 28.5 Å². The molecule has 1 saturated heterocycles. The van der Waals surface area contributed by atoms with Gasteiger partial charge in [-0.3, -0.25) is 0 Å². The van der Waals surface area contributed by atoms with Crippen molar-refractivity contribution in [2.45, 2.75) is 90.0 Å². The lowest BCUT2D eigenvalue weighted by molar-refractivity contribution is -0.197. The van der Waals surface area contributed by atoms with Gasteiger partial charge in [-0.25, -0.2) is 4.79 Å². The second-order valence-corrected chi connectivity index (χ2v) is 14.6. The van der Waals surface area contributed by atoms with E-state index in [0.29, 0.717) is 13.0 Å². The normalized spacial score (nSPS) is 31.4. The van der Waals surface area contributed by atoms with Crippen LogP contribution < -0.4 is 0 Å². The summed E-state index contributed by atoms with van der Waals surface area (Å²) < 4.78 is 24.5. The molecule has 1 saturated carbocycles. The van der Waals surface area contributed by atoms with Crippen molar-refractivity contribution in [1.82, 2.24) is 0 Å². The van der Waals surface area contributed by atoms with Gasteiger partial charge in [-0.2, -0.15) is 0 Å². The number of allylic oxidation sites excluding steroid dienone is 1. The zero-order valence-corrected chi connectivity index (χ0v) is 20.0. The summed E-state index contributed by atoms with van der Waals surface area (Å²) in [5, 5.41) is 9.20. The minimum atomic E-state index is -1.91. The van der Waals surface area contributed by atoms with E-state index in [2.05, 4.69) is 39.9 Å². The lowest BCUT2D eigenvalue weighted by atomic mass is 9.94. The van der Waals surface area contributed by atoms with Crippen molar-refractivity contribution >= 4 is 14.3 Å². The highest BCUT2D eigenvalue weighted by atomic mass is 28.4. The summed E-state index contributed by atoms with van der Waals surface area (Å²) in [6.07, 6.45) is 7.45. The lowest BCUT2D eigenvalue weighted by Crippen LogP contribution is -2.44. The fourth-order valence-corrected chi connectivity index (χ4v) is 4.88. The van der Waals surface area contributed by atoms with Gasteiger partial charge in [-0.1, -0.05) is 32.9 Å². The highest BCUT2D eigenvalue weighted by molar-refractivity contribution is 6.74. The molecule has 5 atom stereocenters. The molecule has 0 spiro atoms. The van der Waals surface area contributed by atoms with Crippen LogP contribution in [0.1, 0.15) is 53.4 Å². The van der Waals surface area contributed by atoms with Gasteiger partial charge in [0.15, 0.2) is 14.6 Å². The zero-order chi connectivity index (χ0) is 21.7. The summed E-state index contributed by atoms with van der Waals surface area (Å²) in [6.45, 7) is 14.2. The summed E-state index contributed by atoms with van der Waals surface area (Å²) in [6, 6.07) is 0. The van der Waals surface area contributed by atoms with Crippen molar-refractivity contribution in [2.75, 3.05) is 19.8 Å². The molecule has 1 N–H and O–H groups in total. The zero-order valence-electron chi connectivity index (χ0n) is 19.0. The van der Waals surface area contributed by atoms with Crippen molar-refractivity contribution in [1.29, 1.82) is 0 Å². The lowest BCUT2D eigenvalue weighted by Gasteiger charge is -2.38. The molecule has 1 unspecified atom stereocenters. The molecular weight excluding hydrogens is 388 g/mol. The first-order chi connectivity index (χ1) is 13.5. The van der Waals surface area contributed by atoms with E-state index in [1.807, 2.05) is 13.0 Å². The van der Waals surface area contributed by atoms with Crippen LogP contribution in [0.3, 0.4) is 0 Å². The maximum atomic E-state index is 11.1. The van der Waals surface area contributed by atoms with Gasteiger partial charge in [0, 0.05) is 31.5 Å². The average molecular weight is 429 g/mol. The topological polar surface area (TPSA) is 74.2 Å². The molecule has 0 aromatic rings. The van der Waals surface area contributed by atoms with Gasteiger partial charge in [0.25, 0.3) is 0 Å². The molecule has 1 heterocycles. The molecule has 1 aliphatic heterocycles. The van der Waals surface area contributed by atoms with E-state index >= 15 is 0 Å². The molecular formula is C22H40O6Si. The van der Waals surface area contributed by atoms with E-state index in [9.17, 15) is 4.79 Å². The van der Waals surface area contributed by atoms with Crippen molar-refractivity contribution in [3.8, 4) is 0 Å². The minimum absolute atomic E-state index is 0.0668. The van der Waals surface area contributed by atoms with E-state index in [1.165, 1.54) is 0 Å². The summed E-state index contributed by atoms with van der Waals surface area (Å²) in [4.78, 5) is 11.1. The SMILES string of the molecule is C/C=C\[C@@H]1[C@@H](CO[Si](C)(C)C(C)(C)C)[C@H](OC2CCCCO2)C[C@@H]1OCC(=O)O. The average Bonchev–Trinajstić information content (AvgIpc) is 2.95. The van der Waals surface area contributed by atoms with E-state index in [1.54, 1.807) is 0 Å². The van der Waals surface area contributed by atoms with Gasteiger partial charge in [0.2, 0.25) is 0 Å². The number of ether oxygens (including phenoxy) is 3. The maximum absolute atomic E-state index is 11.1. The molecule has 0 bridgehead atoms. The van der Waals surface area contributed by atoms with Gasteiger partial charge in [-0.05, 0) is 44.3 Å². The van der Waals surface area contributed by atoms with Crippen molar-refractivity contribution in [2.24, 2.45) is 11.8 Å². The Kier molecular flexibility index (Phi) is 8.91. The van der Waals surface area contributed by atoms with Crippen LogP contribution in [0.4, 0.5) is 0 Å². The molecule has 0 aromatic carbocycles. The van der Waals surface area contributed by atoms with Crippen LogP contribution in [0.25, 0.3) is 0 Å². The Labute approximate surface area is 177 Å². The van der Waals surface area contributed by atoms with Crippen LogP contribution in [-0.2, 0) is 23.4 Å². The largest absolute Gasteiger partial charge is 0.480 e. The third kappa shape index (κ3) is 6.89. The van der Waals surface area contributed by atoms with Gasteiger partial charge in [0.1, 0.15) is 6.61 Å². The molecule has 0 aromatic heterocycles. The summed E-state index contributed by atoms with van der Waals surface area (Å²) in [5.41, 5.74) is 0. The quantitative estimate of drug-likeness (QED) is 0.427. The standard InChI is InChI=1S/C22H40O6Si/c1-7-10-16-17(14-27-29(5,6)22(2,3)4)19(13-18(16)26-15-20(23)24)28-21-11-8-9-12-25-21/h7,10,16-19,21H,8-9,11-15H2,1-6H3,(H,23,24)/b10-7-/t16-,17-,18+,19-,21?/m1/s1. The first-order valence-corrected chi connectivity index (χ1v) is 13.8. The highest BCUT2D eigenvalue weighted by Crippen LogP contribution is 2.42. The molecule has 29 heavy (non-hydrogen) atoms. The number of rotatable bonds is 9. The molecule has 0 amide bonds. The third-order valence-corrected chi connectivity index (χ3v) is 11.1. The van der Waals surface area contributed by atoms with Crippen LogP contribution in [0.15, 0.2) is 12.2 Å². The number of hydrogen-bond donors (Lipinski definition) is 1. The molecule has 7 heteroatoms. The van der Waals surface area contributed by atoms with Gasteiger partial charge in [0.05, 0.1) is 12.2 Å². The van der Waals surface area contributed by atoms with E-state index < -0.39 is 14.3 Å². The fourth-order valence-electron chi connectivity index (χ4n) is 3.84. The predicted octanol–water partition coefficient (Wildman–Crippen LogP) is 4.60. The van der Waals surface area contributed by atoms with E-state index in [0.717, 1.165) is 25.9 Å². The molecule has 2 aliphatic rings.